The smallest absolute Gasteiger partial charge is 0.254 e. The number of morpholine rings is 1. The zero-order valence-corrected chi connectivity index (χ0v) is 21.4. The van der Waals surface area contributed by atoms with Gasteiger partial charge in [0, 0.05) is 37.3 Å². The first-order valence-electron chi connectivity index (χ1n) is 12.8. The van der Waals surface area contributed by atoms with Crippen molar-refractivity contribution in [2.45, 2.75) is 32.6 Å². The van der Waals surface area contributed by atoms with Crippen LogP contribution in [0.4, 0.5) is 0 Å². The third kappa shape index (κ3) is 5.13. The number of amides is 1. The van der Waals surface area contributed by atoms with Gasteiger partial charge in [-0.25, -0.2) is 4.98 Å². The third-order valence-electron chi connectivity index (χ3n) is 7.51. The van der Waals surface area contributed by atoms with Crippen LogP contribution in [-0.2, 0) is 4.74 Å². The maximum absolute atomic E-state index is 13.6. The molecule has 2 saturated heterocycles. The number of hydrogen-bond acceptors (Lipinski definition) is 5. The summed E-state index contributed by atoms with van der Waals surface area (Å²) in [7, 11) is 0. The van der Waals surface area contributed by atoms with Gasteiger partial charge in [0.25, 0.3) is 5.91 Å². The van der Waals surface area contributed by atoms with Gasteiger partial charge in [0.15, 0.2) is 0 Å². The molecular weight excluding hydrogens is 464 g/mol. The number of nitrogens with one attached hydrogen (secondary N) is 2. The Morgan fingerprint density at radius 2 is 1.76 bits per heavy atom. The fraction of sp³-hybridized carbons (Fsp3) is 0.379. The highest BCUT2D eigenvalue weighted by molar-refractivity contribution is 5.98. The molecule has 0 atom stereocenters. The number of aromatic amines is 1. The lowest BCUT2D eigenvalue weighted by Crippen LogP contribution is -2.40. The van der Waals surface area contributed by atoms with E-state index in [4.69, 9.17) is 15.4 Å². The molecule has 0 unspecified atom stereocenters. The minimum atomic E-state index is 0.0462. The molecule has 2 aromatic carbocycles. The van der Waals surface area contributed by atoms with Crippen LogP contribution in [-0.4, -0.2) is 70.9 Å². The fourth-order valence-corrected chi connectivity index (χ4v) is 5.29. The van der Waals surface area contributed by atoms with E-state index in [1.54, 1.807) is 6.20 Å². The Bertz CT molecular complexity index is 1340. The van der Waals surface area contributed by atoms with Gasteiger partial charge >= 0.3 is 0 Å². The molecule has 0 radical (unpaired) electrons. The average molecular weight is 497 g/mol. The number of carbonyl (C=O) groups is 1. The lowest BCUT2D eigenvalue weighted by molar-refractivity contribution is 0.0679. The minimum Gasteiger partial charge on any atom is -0.378 e. The predicted molar refractivity (Wildman–Crippen MR) is 142 cm³/mol. The summed E-state index contributed by atoms with van der Waals surface area (Å²) in [6.45, 7) is 8.04. The van der Waals surface area contributed by atoms with Gasteiger partial charge in [-0.1, -0.05) is 18.2 Å². The zero-order valence-electron chi connectivity index (χ0n) is 21.4. The predicted octanol–water partition coefficient (Wildman–Crippen LogP) is 4.24. The van der Waals surface area contributed by atoms with Crippen molar-refractivity contribution >= 4 is 11.7 Å². The molecule has 3 aromatic rings. The number of hydrogen-bond donors (Lipinski definition) is 2. The van der Waals surface area contributed by atoms with Crippen molar-refractivity contribution in [1.82, 2.24) is 19.8 Å². The Morgan fingerprint density at radius 3 is 2.43 bits per heavy atom. The quantitative estimate of drug-likeness (QED) is 0.415. The van der Waals surface area contributed by atoms with Crippen molar-refractivity contribution in [2.75, 3.05) is 39.4 Å². The van der Waals surface area contributed by atoms with Gasteiger partial charge in [-0.2, -0.15) is 5.26 Å². The first-order valence-corrected chi connectivity index (χ1v) is 12.8. The summed E-state index contributed by atoms with van der Waals surface area (Å²) in [6, 6.07) is 14.0. The lowest BCUT2D eigenvalue weighted by atomic mass is 9.88. The van der Waals surface area contributed by atoms with Crippen LogP contribution in [0.5, 0.6) is 0 Å². The highest BCUT2D eigenvalue weighted by atomic mass is 16.5. The maximum Gasteiger partial charge on any atom is 0.254 e. The minimum absolute atomic E-state index is 0.0462. The molecule has 37 heavy (non-hydrogen) atoms. The second-order valence-corrected chi connectivity index (χ2v) is 9.88. The molecule has 3 heterocycles. The lowest BCUT2D eigenvalue weighted by Gasteiger charge is -2.32. The van der Waals surface area contributed by atoms with Crippen LogP contribution >= 0.6 is 0 Å². The molecule has 8 heteroatoms. The number of piperidine rings is 1. The van der Waals surface area contributed by atoms with Gasteiger partial charge in [0.05, 0.1) is 31.0 Å². The fourth-order valence-electron chi connectivity index (χ4n) is 5.29. The van der Waals surface area contributed by atoms with Crippen LogP contribution in [0.25, 0.3) is 11.4 Å². The first-order chi connectivity index (χ1) is 17.9. The number of aryl methyl sites for hydroxylation is 2. The van der Waals surface area contributed by atoms with Crippen molar-refractivity contribution in [3.63, 3.8) is 0 Å². The van der Waals surface area contributed by atoms with Gasteiger partial charge in [-0.05, 0) is 67.5 Å². The van der Waals surface area contributed by atoms with Crippen LogP contribution < -0.4 is 0 Å². The number of nitriles is 1. The number of carbonyl (C=O) groups excluding carboxylic acids is 1. The highest BCUT2D eigenvalue weighted by Crippen LogP contribution is 2.31. The van der Waals surface area contributed by atoms with Gasteiger partial charge < -0.3 is 19.5 Å². The summed E-state index contributed by atoms with van der Waals surface area (Å²) in [5.74, 6) is 1.52. The standard InChI is InChI=1S/C29H32N6O2/c1-19-15-20(2)25(16-24(19)28-32-18-26(33-28)27(31)34-11-13-37-14-12-34)29(36)35-9-7-23(8-10-35)22-5-3-21(17-30)4-6-22/h3-6,15-16,18,23,31H,7-14H2,1-2H3,(H,32,33). The van der Waals surface area contributed by atoms with E-state index in [2.05, 4.69) is 16.0 Å². The van der Waals surface area contributed by atoms with E-state index in [0.29, 0.717) is 73.8 Å². The second-order valence-electron chi connectivity index (χ2n) is 9.88. The largest absolute Gasteiger partial charge is 0.378 e. The maximum atomic E-state index is 13.6. The molecule has 2 N–H and O–H groups in total. The number of aromatic nitrogens is 2. The van der Waals surface area contributed by atoms with Gasteiger partial charge in [0.1, 0.15) is 17.4 Å². The molecule has 2 aliphatic rings. The van der Waals surface area contributed by atoms with Crippen LogP contribution in [0.15, 0.2) is 42.6 Å². The molecule has 2 aliphatic heterocycles. The van der Waals surface area contributed by atoms with Gasteiger partial charge in [-0.15, -0.1) is 0 Å². The molecule has 0 aliphatic carbocycles. The number of benzene rings is 2. The molecule has 0 saturated carbocycles. The Labute approximate surface area is 217 Å². The topological polar surface area (TPSA) is 109 Å². The third-order valence-corrected chi connectivity index (χ3v) is 7.51. The Morgan fingerprint density at radius 1 is 1.05 bits per heavy atom. The Hall–Kier alpha value is -3.96. The van der Waals surface area contributed by atoms with Gasteiger partial charge in [-0.3, -0.25) is 10.2 Å². The Balaban J connectivity index is 1.31. The van der Waals surface area contributed by atoms with Crippen LogP contribution in [0, 0.1) is 30.6 Å². The summed E-state index contributed by atoms with van der Waals surface area (Å²) in [6.07, 6.45) is 3.50. The molecule has 190 valence electrons. The first kappa shape index (κ1) is 24.7. The normalized spacial score (nSPS) is 16.5. The molecule has 0 spiro atoms. The van der Waals surface area contributed by atoms with Crippen molar-refractivity contribution in [2.24, 2.45) is 0 Å². The van der Waals surface area contributed by atoms with E-state index < -0.39 is 0 Å². The molecule has 1 amide bonds. The van der Waals surface area contributed by atoms with Gasteiger partial charge in [0.2, 0.25) is 0 Å². The van der Waals surface area contributed by atoms with Crippen molar-refractivity contribution < 1.29 is 9.53 Å². The van der Waals surface area contributed by atoms with Crippen LogP contribution in [0.1, 0.15) is 57.1 Å². The zero-order chi connectivity index (χ0) is 25.9. The molecule has 8 nitrogen and oxygen atoms in total. The second kappa shape index (κ2) is 10.6. The number of imidazole rings is 1. The van der Waals surface area contributed by atoms with Crippen molar-refractivity contribution in [3.8, 4) is 17.5 Å². The average Bonchev–Trinajstić information content (AvgIpc) is 3.43. The van der Waals surface area contributed by atoms with Crippen molar-refractivity contribution in [3.05, 3.63) is 76.1 Å². The Kier molecular flexibility index (Phi) is 7.06. The molecule has 0 bridgehead atoms. The van der Waals surface area contributed by atoms with E-state index in [-0.39, 0.29) is 5.91 Å². The number of H-pyrrole nitrogens is 1. The molecule has 1 aromatic heterocycles. The highest BCUT2D eigenvalue weighted by Gasteiger charge is 2.26. The number of likely N-dealkylation sites (tertiary alicyclic amines) is 1. The van der Waals surface area contributed by atoms with Crippen LogP contribution in [0.3, 0.4) is 0 Å². The summed E-state index contributed by atoms with van der Waals surface area (Å²) in [5, 5.41) is 17.6. The SMILES string of the molecule is Cc1cc(C)c(-c2ncc(C(=N)N3CCOCC3)[nH]2)cc1C(=O)N1CCC(c2ccc(C#N)cc2)CC1. The summed E-state index contributed by atoms with van der Waals surface area (Å²) in [4.78, 5) is 25.4. The van der Waals surface area contributed by atoms with Crippen molar-refractivity contribution in [1.29, 1.82) is 10.7 Å². The van der Waals surface area contributed by atoms with Crippen LogP contribution in [0.2, 0.25) is 0 Å². The summed E-state index contributed by atoms with van der Waals surface area (Å²) < 4.78 is 5.40. The molecule has 2 fully saturated rings. The van der Waals surface area contributed by atoms with E-state index in [1.807, 2.05) is 60.0 Å². The summed E-state index contributed by atoms with van der Waals surface area (Å²) >= 11 is 0. The monoisotopic (exact) mass is 496 g/mol. The number of ether oxygens (including phenoxy) is 1. The van der Waals surface area contributed by atoms with E-state index >= 15 is 0 Å². The van der Waals surface area contributed by atoms with E-state index in [9.17, 15) is 4.79 Å². The molecule has 5 rings (SSSR count). The van der Waals surface area contributed by atoms with E-state index in [1.165, 1.54) is 5.56 Å². The summed E-state index contributed by atoms with van der Waals surface area (Å²) in [5.41, 5.74) is 6.12. The number of rotatable bonds is 4. The number of nitrogens with zero attached hydrogens (tertiary/aromatic N) is 4. The van der Waals surface area contributed by atoms with E-state index in [0.717, 1.165) is 29.5 Å². The molecular formula is C29H32N6O2. The number of amidine groups is 1.